The minimum Gasteiger partial charge on any atom is -0.362 e. The third kappa shape index (κ3) is 4.34. The Morgan fingerprint density at radius 3 is 2.73 bits per heavy atom. The lowest BCUT2D eigenvalue weighted by Gasteiger charge is -2.11. The van der Waals surface area contributed by atoms with Crippen molar-refractivity contribution >= 4 is 11.7 Å². The molecule has 0 atom stereocenters. The number of hydrogen-bond donors (Lipinski definition) is 1. The highest BCUT2D eigenvalue weighted by Crippen LogP contribution is 2.24. The molecular weight excluding hydrogens is 334 g/mol. The molecule has 0 aliphatic carbocycles. The summed E-state index contributed by atoms with van der Waals surface area (Å²) < 4.78 is 12.0. The van der Waals surface area contributed by atoms with Crippen LogP contribution in [0.15, 0.2) is 40.9 Å². The highest BCUT2D eigenvalue weighted by Gasteiger charge is 2.14. The van der Waals surface area contributed by atoms with Crippen LogP contribution in [0.3, 0.4) is 0 Å². The SMILES string of the molecule is Cc1noc(COCC(=O)Nc2cc(-c3ccccc3)nn2C(C)C)n1. The molecule has 0 radical (unpaired) electrons. The van der Waals surface area contributed by atoms with Gasteiger partial charge in [-0.05, 0) is 20.8 Å². The molecule has 136 valence electrons. The van der Waals surface area contributed by atoms with E-state index >= 15 is 0 Å². The lowest BCUT2D eigenvalue weighted by molar-refractivity contribution is -0.121. The Kier molecular flexibility index (Phi) is 5.43. The second-order valence-corrected chi connectivity index (χ2v) is 6.10. The van der Waals surface area contributed by atoms with Crippen molar-refractivity contribution in [3.8, 4) is 11.3 Å². The first-order valence-corrected chi connectivity index (χ1v) is 8.34. The van der Waals surface area contributed by atoms with Crippen LogP contribution in [0.1, 0.15) is 31.6 Å². The van der Waals surface area contributed by atoms with E-state index in [1.807, 2.05) is 50.2 Å². The molecule has 0 saturated heterocycles. The smallest absolute Gasteiger partial charge is 0.252 e. The number of carbonyl (C=O) groups excluding carboxylic acids is 1. The third-order valence-corrected chi connectivity index (χ3v) is 3.59. The van der Waals surface area contributed by atoms with Gasteiger partial charge in [0.1, 0.15) is 19.0 Å². The standard InChI is InChI=1S/C18H21N5O3/c1-12(2)23-16(9-15(21-23)14-7-5-4-6-8-14)20-17(24)10-25-11-18-19-13(3)22-26-18/h4-9,12H,10-11H2,1-3H3,(H,20,24). The lowest BCUT2D eigenvalue weighted by Crippen LogP contribution is -2.21. The van der Waals surface area contributed by atoms with Gasteiger partial charge in [-0.2, -0.15) is 10.1 Å². The number of benzene rings is 1. The van der Waals surface area contributed by atoms with Gasteiger partial charge in [-0.1, -0.05) is 35.5 Å². The van der Waals surface area contributed by atoms with Gasteiger partial charge in [0.15, 0.2) is 5.82 Å². The molecule has 0 bridgehead atoms. The van der Waals surface area contributed by atoms with Crippen molar-refractivity contribution in [1.29, 1.82) is 0 Å². The van der Waals surface area contributed by atoms with Gasteiger partial charge in [-0.3, -0.25) is 4.79 Å². The molecule has 1 amide bonds. The fourth-order valence-electron chi connectivity index (χ4n) is 2.44. The van der Waals surface area contributed by atoms with Crippen molar-refractivity contribution in [3.63, 3.8) is 0 Å². The summed E-state index contributed by atoms with van der Waals surface area (Å²) in [4.78, 5) is 16.2. The second kappa shape index (κ2) is 7.92. The van der Waals surface area contributed by atoms with Crippen molar-refractivity contribution in [2.24, 2.45) is 0 Å². The average Bonchev–Trinajstić information content (AvgIpc) is 3.22. The van der Waals surface area contributed by atoms with Crippen LogP contribution in [0.25, 0.3) is 11.3 Å². The molecule has 0 fully saturated rings. The Morgan fingerprint density at radius 2 is 2.08 bits per heavy atom. The molecular formula is C18H21N5O3. The number of carbonyl (C=O) groups is 1. The van der Waals surface area contributed by atoms with Crippen molar-refractivity contribution in [3.05, 3.63) is 48.1 Å². The van der Waals surface area contributed by atoms with Crippen LogP contribution in [0.4, 0.5) is 5.82 Å². The molecule has 3 rings (SSSR count). The Bertz CT molecular complexity index is 870. The zero-order valence-corrected chi connectivity index (χ0v) is 15.0. The molecule has 2 aromatic heterocycles. The van der Waals surface area contributed by atoms with Gasteiger partial charge in [0.2, 0.25) is 0 Å². The minimum absolute atomic E-state index is 0.0902. The van der Waals surface area contributed by atoms with Crippen molar-refractivity contribution in [1.82, 2.24) is 19.9 Å². The van der Waals surface area contributed by atoms with E-state index in [-0.39, 0.29) is 25.2 Å². The second-order valence-electron chi connectivity index (χ2n) is 6.10. The summed E-state index contributed by atoms with van der Waals surface area (Å²) in [5.74, 6) is 1.22. The molecule has 0 spiro atoms. The first kappa shape index (κ1) is 17.8. The van der Waals surface area contributed by atoms with E-state index < -0.39 is 0 Å². The number of ether oxygens (including phenoxy) is 1. The van der Waals surface area contributed by atoms with E-state index in [0.29, 0.717) is 17.5 Å². The summed E-state index contributed by atoms with van der Waals surface area (Å²) >= 11 is 0. The molecule has 0 saturated carbocycles. The van der Waals surface area contributed by atoms with E-state index in [1.165, 1.54) is 0 Å². The predicted octanol–water partition coefficient (Wildman–Crippen LogP) is 2.98. The Balaban J connectivity index is 1.64. The number of hydrogen-bond acceptors (Lipinski definition) is 6. The number of nitrogens with zero attached hydrogens (tertiary/aromatic N) is 4. The van der Waals surface area contributed by atoms with Gasteiger partial charge in [-0.25, -0.2) is 4.68 Å². The van der Waals surface area contributed by atoms with Crippen LogP contribution >= 0.6 is 0 Å². The quantitative estimate of drug-likeness (QED) is 0.700. The van der Waals surface area contributed by atoms with Crippen LogP contribution in [-0.2, 0) is 16.1 Å². The summed E-state index contributed by atoms with van der Waals surface area (Å²) in [5, 5.41) is 11.1. The molecule has 26 heavy (non-hydrogen) atoms. The van der Waals surface area contributed by atoms with Crippen LogP contribution in [-0.4, -0.2) is 32.4 Å². The summed E-state index contributed by atoms with van der Waals surface area (Å²) in [6.07, 6.45) is 0. The molecule has 3 aromatic rings. The summed E-state index contributed by atoms with van der Waals surface area (Å²) in [7, 11) is 0. The first-order chi connectivity index (χ1) is 12.5. The van der Waals surface area contributed by atoms with Crippen LogP contribution in [0, 0.1) is 6.92 Å². The van der Waals surface area contributed by atoms with E-state index in [0.717, 1.165) is 11.3 Å². The minimum atomic E-state index is -0.275. The van der Waals surface area contributed by atoms with E-state index in [4.69, 9.17) is 9.26 Å². The summed E-state index contributed by atoms with van der Waals surface area (Å²) in [6, 6.07) is 11.8. The van der Waals surface area contributed by atoms with Gasteiger partial charge in [0.05, 0.1) is 5.69 Å². The molecule has 8 nitrogen and oxygen atoms in total. The van der Waals surface area contributed by atoms with Gasteiger partial charge in [0.25, 0.3) is 11.8 Å². The van der Waals surface area contributed by atoms with Crippen LogP contribution in [0.5, 0.6) is 0 Å². The fraction of sp³-hybridized carbons (Fsp3) is 0.333. The van der Waals surface area contributed by atoms with E-state index in [1.54, 1.807) is 11.6 Å². The number of aryl methyl sites for hydroxylation is 1. The van der Waals surface area contributed by atoms with E-state index in [2.05, 4.69) is 20.6 Å². The predicted molar refractivity (Wildman–Crippen MR) is 95.4 cm³/mol. The molecule has 0 aliphatic rings. The average molecular weight is 355 g/mol. The third-order valence-electron chi connectivity index (χ3n) is 3.59. The van der Waals surface area contributed by atoms with Gasteiger partial charge >= 0.3 is 0 Å². The van der Waals surface area contributed by atoms with Gasteiger partial charge in [0, 0.05) is 17.7 Å². The number of anilines is 1. The normalized spacial score (nSPS) is 11.1. The Hall–Kier alpha value is -3.00. The van der Waals surface area contributed by atoms with Crippen molar-refractivity contribution in [2.45, 2.75) is 33.4 Å². The van der Waals surface area contributed by atoms with E-state index in [9.17, 15) is 4.79 Å². The van der Waals surface area contributed by atoms with Gasteiger partial charge < -0.3 is 14.6 Å². The number of aromatic nitrogens is 4. The maximum Gasteiger partial charge on any atom is 0.252 e. The Labute approximate surface area is 151 Å². The maximum absolute atomic E-state index is 12.2. The maximum atomic E-state index is 12.2. The monoisotopic (exact) mass is 355 g/mol. The Morgan fingerprint density at radius 1 is 1.31 bits per heavy atom. The zero-order valence-electron chi connectivity index (χ0n) is 15.0. The molecule has 2 heterocycles. The van der Waals surface area contributed by atoms with Crippen molar-refractivity contribution in [2.75, 3.05) is 11.9 Å². The molecule has 8 heteroatoms. The van der Waals surface area contributed by atoms with Gasteiger partial charge in [-0.15, -0.1) is 0 Å². The van der Waals surface area contributed by atoms with Crippen LogP contribution in [0.2, 0.25) is 0 Å². The lowest BCUT2D eigenvalue weighted by atomic mass is 10.2. The summed E-state index contributed by atoms with van der Waals surface area (Å²) in [5.41, 5.74) is 1.79. The van der Waals surface area contributed by atoms with Crippen LogP contribution < -0.4 is 5.32 Å². The molecule has 0 unspecified atom stereocenters. The molecule has 1 aromatic carbocycles. The first-order valence-electron chi connectivity index (χ1n) is 8.34. The number of rotatable bonds is 7. The molecule has 1 N–H and O–H groups in total. The largest absolute Gasteiger partial charge is 0.362 e. The number of nitrogens with one attached hydrogen (secondary N) is 1. The molecule has 0 aliphatic heterocycles. The highest BCUT2D eigenvalue weighted by molar-refractivity contribution is 5.91. The fourth-order valence-corrected chi connectivity index (χ4v) is 2.44. The zero-order chi connectivity index (χ0) is 18.5. The number of amides is 1. The topological polar surface area (TPSA) is 95.1 Å². The van der Waals surface area contributed by atoms with Crippen molar-refractivity contribution < 1.29 is 14.1 Å². The summed E-state index contributed by atoms with van der Waals surface area (Å²) in [6.45, 7) is 5.70. The highest BCUT2D eigenvalue weighted by atomic mass is 16.5.